The van der Waals surface area contributed by atoms with Crippen LogP contribution in [-0.2, 0) is 6.42 Å². The minimum absolute atomic E-state index is 0.168. The summed E-state index contributed by atoms with van der Waals surface area (Å²) >= 11 is 0. The maximum atomic E-state index is 11.4. The third-order valence-corrected chi connectivity index (χ3v) is 3.87. The smallest absolute Gasteiger partial charge is 0.159 e. The van der Waals surface area contributed by atoms with Crippen molar-refractivity contribution >= 4 is 19.8 Å². The van der Waals surface area contributed by atoms with Gasteiger partial charge < -0.3 is 0 Å². The monoisotopic (exact) mass is 217 g/mol. The summed E-state index contributed by atoms with van der Waals surface area (Å²) in [6, 6.07) is 6.13. The van der Waals surface area contributed by atoms with Crippen LogP contribution in [-0.4, -0.2) is 14.6 Å². The highest BCUT2D eigenvalue weighted by atomic mass is 28.3. The van der Waals surface area contributed by atoms with Gasteiger partial charge in [0.1, 0.15) is 0 Å². The van der Waals surface area contributed by atoms with Crippen molar-refractivity contribution in [2.45, 2.75) is 26.4 Å². The van der Waals surface area contributed by atoms with E-state index >= 15 is 0 Å². The minimum Gasteiger partial charge on any atom is -0.295 e. The molecule has 0 heterocycles. The lowest BCUT2D eigenvalue weighted by atomic mass is 10.1. The molecule has 0 aliphatic carbocycles. The molecule has 0 spiro atoms. The fourth-order valence-electron chi connectivity index (χ4n) is 1.61. The first kappa shape index (κ1) is 11.9. The zero-order valence-corrected chi connectivity index (χ0v) is 10.6. The highest BCUT2D eigenvalue weighted by Gasteiger charge is 2.11. The Morgan fingerprint density at radius 3 is 2.60 bits per heavy atom. The second-order valence-corrected chi connectivity index (χ2v) is 6.47. The van der Waals surface area contributed by atoms with Gasteiger partial charge in [-0.2, -0.15) is 0 Å². The lowest BCUT2D eigenvalue weighted by molar-refractivity contribution is 0.101. The largest absolute Gasteiger partial charge is 0.295 e. The molecule has 0 aliphatic rings. The van der Waals surface area contributed by atoms with Crippen LogP contribution in [0, 0.1) is 0 Å². The molecule has 1 rings (SSSR count). The molecule has 79 valence electrons. The zero-order chi connectivity index (χ0) is 11.4. The third kappa shape index (κ3) is 2.90. The number of Topliss-reactive ketones (excluding diaryl/α,β-unsaturated/α-hetero) is 1. The fraction of sp³-hybridized carbons (Fsp3) is 0.308. The SMILES string of the molecule is C=CCc1ccc(C(C)=O)c([Si](C)C)c1. The van der Waals surface area contributed by atoms with E-state index in [2.05, 4.69) is 25.7 Å². The molecule has 0 aromatic heterocycles. The van der Waals surface area contributed by atoms with Gasteiger partial charge in [0.05, 0.1) is 8.80 Å². The summed E-state index contributed by atoms with van der Waals surface area (Å²) in [7, 11) is -0.582. The predicted molar refractivity (Wildman–Crippen MR) is 67.5 cm³/mol. The Balaban J connectivity index is 3.20. The van der Waals surface area contributed by atoms with Gasteiger partial charge >= 0.3 is 0 Å². The van der Waals surface area contributed by atoms with E-state index in [0.29, 0.717) is 0 Å². The molecule has 0 N–H and O–H groups in total. The Bertz CT molecular complexity index is 380. The molecular weight excluding hydrogens is 200 g/mol. The zero-order valence-electron chi connectivity index (χ0n) is 9.63. The molecule has 2 heteroatoms. The number of rotatable bonds is 4. The first-order valence-corrected chi connectivity index (χ1v) is 7.61. The summed E-state index contributed by atoms with van der Waals surface area (Å²) in [5.74, 6) is 0.168. The number of hydrogen-bond donors (Lipinski definition) is 0. The summed E-state index contributed by atoms with van der Waals surface area (Å²) in [5, 5.41) is 1.24. The Hall–Kier alpha value is -1.15. The highest BCUT2D eigenvalue weighted by molar-refractivity contribution is 6.72. The van der Waals surface area contributed by atoms with E-state index in [0.717, 1.165) is 12.0 Å². The van der Waals surface area contributed by atoms with Crippen LogP contribution in [0.4, 0.5) is 0 Å². The van der Waals surface area contributed by atoms with E-state index in [9.17, 15) is 4.79 Å². The van der Waals surface area contributed by atoms with Gasteiger partial charge in [0.25, 0.3) is 0 Å². The lowest BCUT2D eigenvalue weighted by Gasteiger charge is -2.11. The van der Waals surface area contributed by atoms with Crippen molar-refractivity contribution in [2.75, 3.05) is 0 Å². The number of allylic oxidation sites excluding steroid dienone is 1. The summed E-state index contributed by atoms with van der Waals surface area (Å²) in [5.41, 5.74) is 2.14. The van der Waals surface area contributed by atoms with Crippen molar-refractivity contribution in [3.05, 3.63) is 42.0 Å². The maximum Gasteiger partial charge on any atom is 0.159 e. The molecule has 0 saturated carbocycles. The van der Waals surface area contributed by atoms with E-state index in [4.69, 9.17) is 0 Å². The molecule has 0 bridgehead atoms. The van der Waals surface area contributed by atoms with Crippen LogP contribution < -0.4 is 5.19 Å². The van der Waals surface area contributed by atoms with E-state index in [1.807, 2.05) is 18.2 Å². The number of ketones is 1. The molecule has 0 saturated heterocycles. The maximum absolute atomic E-state index is 11.4. The summed E-state index contributed by atoms with van der Waals surface area (Å²) in [6.07, 6.45) is 2.77. The van der Waals surface area contributed by atoms with Crippen molar-refractivity contribution in [3.63, 3.8) is 0 Å². The average molecular weight is 217 g/mol. The van der Waals surface area contributed by atoms with Crippen LogP contribution >= 0.6 is 0 Å². The van der Waals surface area contributed by atoms with Crippen LogP contribution in [0.3, 0.4) is 0 Å². The molecule has 1 radical (unpaired) electrons. The van der Waals surface area contributed by atoms with Gasteiger partial charge in [-0.05, 0) is 18.9 Å². The average Bonchev–Trinajstić information content (AvgIpc) is 2.17. The molecule has 0 atom stereocenters. The van der Waals surface area contributed by atoms with E-state index < -0.39 is 8.80 Å². The second kappa shape index (κ2) is 5.08. The molecular formula is C13H17OSi. The molecule has 15 heavy (non-hydrogen) atoms. The second-order valence-electron chi connectivity index (χ2n) is 3.93. The quantitative estimate of drug-likeness (QED) is 0.430. The van der Waals surface area contributed by atoms with Gasteiger partial charge in [0.15, 0.2) is 5.78 Å². The first-order valence-electron chi connectivity index (χ1n) is 5.11. The molecule has 0 fully saturated rings. The van der Waals surface area contributed by atoms with Crippen LogP contribution in [0.15, 0.2) is 30.9 Å². The fourth-order valence-corrected chi connectivity index (χ4v) is 2.88. The number of hydrogen-bond acceptors (Lipinski definition) is 1. The Morgan fingerprint density at radius 1 is 1.47 bits per heavy atom. The van der Waals surface area contributed by atoms with Crippen molar-refractivity contribution in [1.29, 1.82) is 0 Å². The molecule has 1 nitrogen and oxygen atoms in total. The van der Waals surface area contributed by atoms with Crippen LogP contribution in [0.1, 0.15) is 22.8 Å². The van der Waals surface area contributed by atoms with Crippen molar-refractivity contribution in [3.8, 4) is 0 Å². The molecule has 0 amide bonds. The predicted octanol–water partition coefficient (Wildman–Crippen LogP) is 2.58. The number of carbonyl (C=O) groups excluding carboxylic acids is 1. The lowest BCUT2D eigenvalue weighted by Crippen LogP contribution is -2.28. The van der Waals surface area contributed by atoms with Crippen molar-refractivity contribution in [2.24, 2.45) is 0 Å². The van der Waals surface area contributed by atoms with Crippen LogP contribution in [0.25, 0.3) is 0 Å². The van der Waals surface area contributed by atoms with E-state index in [-0.39, 0.29) is 5.78 Å². The van der Waals surface area contributed by atoms with Crippen molar-refractivity contribution in [1.82, 2.24) is 0 Å². The van der Waals surface area contributed by atoms with Gasteiger partial charge in [-0.15, -0.1) is 6.58 Å². The van der Waals surface area contributed by atoms with E-state index in [1.54, 1.807) is 6.92 Å². The number of carbonyl (C=O) groups is 1. The molecule has 1 aromatic rings. The van der Waals surface area contributed by atoms with E-state index in [1.165, 1.54) is 10.8 Å². The van der Waals surface area contributed by atoms with Crippen LogP contribution in [0.2, 0.25) is 13.1 Å². The standard InChI is InChI=1S/C13H17OSi/c1-5-6-11-7-8-12(10(2)14)13(9-11)15(3)4/h5,7-9H,1,6H2,2-4H3. The highest BCUT2D eigenvalue weighted by Crippen LogP contribution is 2.06. The normalized spacial score (nSPS) is 10.4. The van der Waals surface area contributed by atoms with Gasteiger partial charge in [0.2, 0.25) is 0 Å². The summed E-state index contributed by atoms with van der Waals surface area (Å²) in [4.78, 5) is 11.4. The Morgan fingerprint density at radius 2 is 2.13 bits per heavy atom. The molecule has 0 aliphatic heterocycles. The Kier molecular flexibility index (Phi) is 4.03. The number of benzene rings is 1. The van der Waals surface area contributed by atoms with Gasteiger partial charge in [-0.3, -0.25) is 4.79 Å². The molecule has 1 aromatic carbocycles. The topological polar surface area (TPSA) is 17.1 Å². The molecule has 0 unspecified atom stereocenters. The van der Waals surface area contributed by atoms with Gasteiger partial charge in [-0.25, -0.2) is 0 Å². The van der Waals surface area contributed by atoms with Gasteiger partial charge in [-0.1, -0.05) is 42.6 Å². The van der Waals surface area contributed by atoms with Crippen molar-refractivity contribution < 1.29 is 4.79 Å². The third-order valence-electron chi connectivity index (χ3n) is 2.38. The minimum atomic E-state index is -0.582. The Labute approximate surface area is 93.4 Å². The van der Waals surface area contributed by atoms with Gasteiger partial charge in [0, 0.05) is 5.56 Å². The summed E-state index contributed by atoms with van der Waals surface area (Å²) < 4.78 is 0. The van der Waals surface area contributed by atoms with Crippen LogP contribution in [0.5, 0.6) is 0 Å². The summed E-state index contributed by atoms with van der Waals surface area (Å²) in [6.45, 7) is 9.79. The first-order chi connectivity index (χ1) is 7.06.